The van der Waals surface area contributed by atoms with Crippen molar-refractivity contribution in [3.05, 3.63) is 0 Å². The van der Waals surface area contributed by atoms with E-state index in [1.54, 1.807) is 7.05 Å². The third kappa shape index (κ3) is 6.99. The minimum atomic E-state index is -5.22. The summed E-state index contributed by atoms with van der Waals surface area (Å²) in [6, 6.07) is 0. The fourth-order valence-corrected chi connectivity index (χ4v) is 4.93. The Bertz CT molecular complexity index is 626. The van der Waals surface area contributed by atoms with Gasteiger partial charge in [-0.15, -0.1) is 0 Å². The molecular weight excluding hydrogens is 407 g/mol. The smallest absolute Gasteiger partial charge is 0.356 e. The van der Waals surface area contributed by atoms with E-state index in [2.05, 4.69) is 27.4 Å². The van der Waals surface area contributed by atoms with E-state index in [1.165, 1.54) is 12.8 Å². The number of halogens is 3. The molecule has 2 fully saturated rings. The summed E-state index contributed by atoms with van der Waals surface area (Å²) in [5.74, 6) is 1.52. The molecule has 0 aromatic rings. The van der Waals surface area contributed by atoms with Crippen molar-refractivity contribution in [2.24, 2.45) is 16.8 Å². The second kappa shape index (κ2) is 10.8. The molecular formula is C18H34F3N5O2S. The fraction of sp³-hybridized carbons (Fsp3) is 0.944. The highest BCUT2D eigenvalue weighted by atomic mass is 32.2. The van der Waals surface area contributed by atoms with Crippen molar-refractivity contribution in [1.82, 2.24) is 19.8 Å². The molecule has 2 N–H and O–H groups in total. The van der Waals surface area contributed by atoms with Gasteiger partial charge in [-0.05, 0) is 63.6 Å². The fourth-order valence-electron chi connectivity index (χ4n) is 3.95. The predicted molar refractivity (Wildman–Crippen MR) is 108 cm³/mol. The molecule has 2 heterocycles. The Labute approximate surface area is 172 Å². The van der Waals surface area contributed by atoms with Gasteiger partial charge in [0, 0.05) is 33.2 Å². The van der Waals surface area contributed by atoms with Gasteiger partial charge in [0.2, 0.25) is 0 Å². The molecule has 2 rings (SSSR count). The molecule has 0 amide bonds. The molecule has 0 aromatic heterocycles. The Morgan fingerprint density at radius 2 is 1.62 bits per heavy atom. The van der Waals surface area contributed by atoms with Crippen molar-refractivity contribution in [1.29, 1.82) is 0 Å². The summed E-state index contributed by atoms with van der Waals surface area (Å²) in [5, 5.41) is 6.52. The Morgan fingerprint density at radius 3 is 2.14 bits per heavy atom. The number of alkyl halides is 3. The van der Waals surface area contributed by atoms with Crippen LogP contribution in [-0.4, -0.2) is 82.0 Å². The second-order valence-corrected chi connectivity index (χ2v) is 9.77. The van der Waals surface area contributed by atoms with Crippen molar-refractivity contribution in [2.75, 3.05) is 52.9 Å². The molecule has 7 nitrogen and oxygen atoms in total. The molecule has 0 unspecified atom stereocenters. The highest BCUT2D eigenvalue weighted by Crippen LogP contribution is 2.30. The van der Waals surface area contributed by atoms with E-state index < -0.39 is 15.5 Å². The molecule has 170 valence electrons. The SMILES string of the molecule is CCN1CCC(CCNC(=NC)NCC2CCN(S(=O)(=O)C(F)(F)F)CC2)CC1. The summed E-state index contributed by atoms with van der Waals surface area (Å²) in [5.41, 5.74) is -5.22. The van der Waals surface area contributed by atoms with Crippen LogP contribution in [-0.2, 0) is 10.0 Å². The van der Waals surface area contributed by atoms with Crippen molar-refractivity contribution < 1.29 is 21.6 Å². The van der Waals surface area contributed by atoms with Crippen molar-refractivity contribution in [3.8, 4) is 0 Å². The zero-order valence-corrected chi connectivity index (χ0v) is 18.2. The van der Waals surface area contributed by atoms with Crippen LogP contribution in [0.25, 0.3) is 0 Å². The first kappa shape index (κ1) is 24.2. The molecule has 29 heavy (non-hydrogen) atoms. The van der Waals surface area contributed by atoms with Gasteiger partial charge in [0.05, 0.1) is 0 Å². The maximum atomic E-state index is 12.6. The molecule has 0 aliphatic carbocycles. The number of hydrogen-bond acceptors (Lipinski definition) is 4. The van der Waals surface area contributed by atoms with Gasteiger partial charge in [-0.2, -0.15) is 17.5 Å². The highest BCUT2D eigenvalue weighted by Gasteiger charge is 2.50. The molecule has 0 atom stereocenters. The van der Waals surface area contributed by atoms with E-state index in [0.29, 0.717) is 29.7 Å². The molecule has 0 bridgehead atoms. The minimum absolute atomic E-state index is 0.101. The van der Waals surface area contributed by atoms with E-state index >= 15 is 0 Å². The van der Waals surface area contributed by atoms with Crippen LogP contribution in [0.3, 0.4) is 0 Å². The van der Waals surface area contributed by atoms with Crippen LogP contribution < -0.4 is 10.6 Å². The maximum Gasteiger partial charge on any atom is 0.511 e. The molecule has 11 heteroatoms. The molecule has 0 saturated carbocycles. The Balaban J connectivity index is 1.65. The van der Waals surface area contributed by atoms with E-state index in [9.17, 15) is 21.6 Å². The topological polar surface area (TPSA) is 77.0 Å². The van der Waals surface area contributed by atoms with Crippen LogP contribution in [0.1, 0.15) is 39.0 Å². The van der Waals surface area contributed by atoms with Crippen molar-refractivity contribution >= 4 is 16.0 Å². The number of guanidine groups is 1. The van der Waals surface area contributed by atoms with Crippen LogP contribution in [0.2, 0.25) is 0 Å². The summed E-state index contributed by atoms with van der Waals surface area (Å²) in [6.07, 6.45) is 4.33. The number of hydrogen-bond donors (Lipinski definition) is 2. The van der Waals surface area contributed by atoms with Crippen molar-refractivity contribution in [2.45, 2.75) is 44.5 Å². The van der Waals surface area contributed by atoms with Gasteiger partial charge < -0.3 is 15.5 Å². The zero-order chi connectivity index (χ0) is 21.5. The predicted octanol–water partition coefficient (Wildman–Crippen LogP) is 1.83. The van der Waals surface area contributed by atoms with Gasteiger partial charge in [0.25, 0.3) is 0 Å². The largest absolute Gasteiger partial charge is 0.511 e. The number of nitrogens with zero attached hydrogens (tertiary/aromatic N) is 3. The van der Waals surface area contributed by atoms with Gasteiger partial charge in [-0.25, -0.2) is 8.42 Å². The molecule has 2 aliphatic rings. The van der Waals surface area contributed by atoms with Crippen LogP contribution >= 0.6 is 0 Å². The lowest BCUT2D eigenvalue weighted by Gasteiger charge is -2.32. The van der Waals surface area contributed by atoms with E-state index in [-0.39, 0.29) is 19.0 Å². The number of rotatable bonds is 7. The molecule has 0 spiro atoms. The Kier molecular flexibility index (Phi) is 9.02. The second-order valence-electron chi connectivity index (χ2n) is 7.84. The third-order valence-corrected chi connectivity index (χ3v) is 7.62. The minimum Gasteiger partial charge on any atom is -0.356 e. The number of aliphatic imine (C=N–C) groups is 1. The molecule has 0 radical (unpaired) electrons. The first-order chi connectivity index (χ1) is 13.7. The van der Waals surface area contributed by atoms with Gasteiger partial charge in [-0.3, -0.25) is 4.99 Å². The average molecular weight is 442 g/mol. The quantitative estimate of drug-likeness (QED) is 0.466. The van der Waals surface area contributed by atoms with Crippen LogP contribution in [0.5, 0.6) is 0 Å². The number of nitrogens with one attached hydrogen (secondary N) is 2. The standard InChI is InChI=1S/C18H34F3N5O2S/c1-3-25-10-5-15(6-11-25)4-9-23-17(22-2)24-14-16-7-12-26(13-8-16)29(27,28)18(19,20)21/h15-16H,3-14H2,1-2H3,(H2,22,23,24). The summed E-state index contributed by atoms with van der Waals surface area (Å²) in [6.45, 7) is 6.83. The van der Waals surface area contributed by atoms with Gasteiger partial charge >= 0.3 is 15.5 Å². The molecule has 2 aliphatic heterocycles. The Morgan fingerprint density at radius 1 is 1.03 bits per heavy atom. The molecule has 2 saturated heterocycles. The van der Waals surface area contributed by atoms with E-state index in [0.717, 1.165) is 38.5 Å². The Hall–Kier alpha value is -1.07. The number of piperidine rings is 2. The first-order valence-corrected chi connectivity index (χ1v) is 11.8. The van der Waals surface area contributed by atoms with Crippen LogP contribution in [0.4, 0.5) is 13.2 Å². The van der Waals surface area contributed by atoms with E-state index in [1.807, 2.05) is 0 Å². The lowest BCUT2D eigenvalue weighted by Crippen LogP contribution is -2.47. The normalized spacial score (nSPS) is 22.0. The van der Waals surface area contributed by atoms with Crippen LogP contribution in [0, 0.1) is 11.8 Å². The highest BCUT2D eigenvalue weighted by molar-refractivity contribution is 7.90. The monoisotopic (exact) mass is 441 g/mol. The van der Waals surface area contributed by atoms with Gasteiger partial charge in [-0.1, -0.05) is 6.92 Å². The number of sulfonamides is 1. The van der Waals surface area contributed by atoms with Gasteiger partial charge in [0.1, 0.15) is 0 Å². The first-order valence-electron chi connectivity index (χ1n) is 10.4. The zero-order valence-electron chi connectivity index (χ0n) is 17.3. The van der Waals surface area contributed by atoms with E-state index in [4.69, 9.17) is 0 Å². The average Bonchev–Trinajstić information content (AvgIpc) is 2.70. The van der Waals surface area contributed by atoms with Gasteiger partial charge in [0.15, 0.2) is 5.96 Å². The third-order valence-electron chi connectivity index (χ3n) is 5.99. The van der Waals surface area contributed by atoms with Crippen LogP contribution in [0.15, 0.2) is 4.99 Å². The maximum absolute atomic E-state index is 12.6. The summed E-state index contributed by atoms with van der Waals surface area (Å²) >= 11 is 0. The summed E-state index contributed by atoms with van der Waals surface area (Å²) in [7, 11) is -3.52. The lowest BCUT2D eigenvalue weighted by atomic mass is 9.93. The summed E-state index contributed by atoms with van der Waals surface area (Å²) in [4.78, 5) is 6.67. The summed E-state index contributed by atoms with van der Waals surface area (Å²) < 4.78 is 61.4. The number of likely N-dealkylation sites (tertiary alicyclic amines) is 1. The lowest BCUT2D eigenvalue weighted by molar-refractivity contribution is -0.0496. The molecule has 0 aromatic carbocycles. The van der Waals surface area contributed by atoms with Crippen molar-refractivity contribution in [3.63, 3.8) is 0 Å².